The number of alkyl carbamates (subject to hydrolysis) is 1. The number of amides is 1. The van der Waals surface area contributed by atoms with Gasteiger partial charge in [0, 0.05) is 12.1 Å². The van der Waals surface area contributed by atoms with Gasteiger partial charge in [0.1, 0.15) is 17.3 Å². The second-order valence-corrected chi connectivity index (χ2v) is 5.70. The van der Waals surface area contributed by atoms with Gasteiger partial charge in [-0.3, -0.25) is 4.79 Å². The van der Waals surface area contributed by atoms with Crippen LogP contribution in [0.4, 0.5) is 4.79 Å². The summed E-state index contributed by atoms with van der Waals surface area (Å²) < 4.78 is 15.2. The predicted octanol–water partition coefficient (Wildman–Crippen LogP) is 2.48. The molecule has 1 rings (SSSR count). The maximum absolute atomic E-state index is 12.0. The zero-order valence-corrected chi connectivity index (χ0v) is 13.6. The van der Waals surface area contributed by atoms with Crippen molar-refractivity contribution in [1.82, 2.24) is 5.32 Å². The van der Waals surface area contributed by atoms with Gasteiger partial charge in [-0.15, -0.1) is 0 Å². The summed E-state index contributed by atoms with van der Waals surface area (Å²) in [7, 11) is 2.83. The van der Waals surface area contributed by atoms with Crippen molar-refractivity contribution in [3.8, 4) is 5.75 Å². The van der Waals surface area contributed by atoms with Gasteiger partial charge < -0.3 is 19.5 Å². The van der Waals surface area contributed by atoms with Crippen molar-refractivity contribution >= 4 is 12.1 Å². The molecule has 1 aromatic carbocycles. The quantitative estimate of drug-likeness (QED) is 0.846. The zero-order chi connectivity index (χ0) is 16.8. The Balaban J connectivity index is 2.87. The SMILES string of the molecule is COC(=O)C(CNC(=O)OC(C)(C)C)c1ccccc1OC. The Bertz CT molecular complexity index is 522. The van der Waals surface area contributed by atoms with E-state index in [1.54, 1.807) is 45.0 Å². The van der Waals surface area contributed by atoms with Crippen LogP contribution in [0.2, 0.25) is 0 Å². The lowest BCUT2D eigenvalue weighted by molar-refractivity contribution is -0.142. The highest BCUT2D eigenvalue weighted by atomic mass is 16.6. The first-order chi connectivity index (χ1) is 10.3. The van der Waals surface area contributed by atoms with Crippen LogP contribution >= 0.6 is 0 Å². The molecule has 0 fully saturated rings. The molecule has 122 valence electrons. The van der Waals surface area contributed by atoms with Crippen LogP contribution in [0.3, 0.4) is 0 Å². The number of methoxy groups -OCH3 is 2. The highest BCUT2D eigenvalue weighted by Gasteiger charge is 2.26. The molecular formula is C16H23NO5. The summed E-state index contributed by atoms with van der Waals surface area (Å²) in [5, 5.41) is 2.59. The Morgan fingerprint density at radius 3 is 2.36 bits per heavy atom. The van der Waals surface area contributed by atoms with Gasteiger partial charge in [-0.05, 0) is 26.8 Å². The molecule has 1 unspecified atom stereocenters. The summed E-state index contributed by atoms with van der Waals surface area (Å²) in [6, 6.07) is 7.11. The minimum Gasteiger partial charge on any atom is -0.496 e. The maximum Gasteiger partial charge on any atom is 0.407 e. The van der Waals surface area contributed by atoms with Crippen LogP contribution < -0.4 is 10.1 Å². The summed E-state index contributed by atoms with van der Waals surface area (Å²) in [4.78, 5) is 23.8. The highest BCUT2D eigenvalue weighted by Crippen LogP contribution is 2.27. The largest absolute Gasteiger partial charge is 0.496 e. The number of ether oxygens (including phenoxy) is 3. The lowest BCUT2D eigenvalue weighted by Gasteiger charge is -2.22. The number of hydrogen-bond acceptors (Lipinski definition) is 5. The van der Waals surface area contributed by atoms with Crippen molar-refractivity contribution in [2.45, 2.75) is 32.3 Å². The van der Waals surface area contributed by atoms with Gasteiger partial charge in [0.2, 0.25) is 0 Å². The van der Waals surface area contributed by atoms with E-state index in [9.17, 15) is 9.59 Å². The van der Waals surface area contributed by atoms with Crippen LogP contribution in [0, 0.1) is 0 Å². The lowest BCUT2D eigenvalue weighted by atomic mass is 9.98. The molecule has 0 bridgehead atoms. The van der Waals surface area contributed by atoms with Crippen molar-refractivity contribution in [1.29, 1.82) is 0 Å². The van der Waals surface area contributed by atoms with E-state index in [0.717, 1.165) is 0 Å². The van der Waals surface area contributed by atoms with Crippen LogP contribution in [-0.4, -0.2) is 38.4 Å². The minimum absolute atomic E-state index is 0.0575. The summed E-state index contributed by atoms with van der Waals surface area (Å²) in [5.41, 5.74) is 0.0443. The Kier molecular flexibility index (Phi) is 6.22. The molecule has 0 aliphatic carbocycles. The third kappa shape index (κ3) is 5.27. The molecule has 1 aromatic rings. The number of carbonyl (C=O) groups is 2. The van der Waals surface area contributed by atoms with Gasteiger partial charge in [0.05, 0.1) is 14.2 Å². The molecule has 6 heteroatoms. The second kappa shape index (κ2) is 7.68. The fraction of sp³-hybridized carbons (Fsp3) is 0.500. The molecule has 22 heavy (non-hydrogen) atoms. The van der Waals surface area contributed by atoms with Gasteiger partial charge in [-0.1, -0.05) is 18.2 Å². The van der Waals surface area contributed by atoms with Gasteiger partial charge >= 0.3 is 12.1 Å². The Morgan fingerprint density at radius 2 is 1.82 bits per heavy atom. The molecule has 0 spiro atoms. The summed E-state index contributed by atoms with van der Waals surface area (Å²) in [6.07, 6.45) is -0.587. The number of benzene rings is 1. The first-order valence-corrected chi connectivity index (χ1v) is 6.96. The highest BCUT2D eigenvalue weighted by molar-refractivity contribution is 5.80. The standard InChI is InChI=1S/C16H23NO5/c1-16(2,3)22-15(19)17-10-12(14(18)21-5)11-8-6-7-9-13(11)20-4/h6-9,12H,10H2,1-5H3,(H,17,19). The average molecular weight is 309 g/mol. The molecule has 1 atom stereocenters. The average Bonchev–Trinajstić information content (AvgIpc) is 2.45. The molecule has 0 radical (unpaired) electrons. The van der Waals surface area contributed by atoms with Crippen molar-refractivity contribution in [3.05, 3.63) is 29.8 Å². The fourth-order valence-electron chi connectivity index (χ4n) is 1.92. The Morgan fingerprint density at radius 1 is 1.18 bits per heavy atom. The summed E-state index contributed by atoms with van der Waals surface area (Å²) in [6.45, 7) is 5.36. The number of carbonyl (C=O) groups excluding carboxylic acids is 2. The third-order valence-electron chi connectivity index (χ3n) is 2.85. The molecule has 0 saturated heterocycles. The van der Waals surface area contributed by atoms with Crippen LogP contribution in [0.15, 0.2) is 24.3 Å². The maximum atomic E-state index is 12.0. The Labute approximate surface area is 130 Å². The van der Waals surface area contributed by atoms with E-state index in [4.69, 9.17) is 14.2 Å². The van der Waals surface area contributed by atoms with Crippen molar-refractivity contribution in [3.63, 3.8) is 0 Å². The lowest BCUT2D eigenvalue weighted by Crippen LogP contribution is -2.36. The molecule has 0 heterocycles. The predicted molar refractivity (Wildman–Crippen MR) is 82.0 cm³/mol. The zero-order valence-electron chi connectivity index (χ0n) is 13.6. The van der Waals surface area contributed by atoms with Gasteiger partial charge in [0.15, 0.2) is 0 Å². The first kappa shape index (κ1) is 17.8. The van der Waals surface area contributed by atoms with E-state index < -0.39 is 23.6 Å². The van der Waals surface area contributed by atoms with Crippen molar-refractivity contribution in [2.24, 2.45) is 0 Å². The topological polar surface area (TPSA) is 73.9 Å². The summed E-state index contributed by atoms with van der Waals surface area (Å²) in [5.74, 6) is -0.571. The Hall–Kier alpha value is -2.24. The minimum atomic E-state index is -0.673. The van der Waals surface area contributed by atoms with E-state index >= 15 is 0 Å². The smallest absolute Gasteiger partial charge is 0.407 e. The molecule has 0 aromatic heterocycles. The van der Waals surface area contributed by atoms with Crippen LogP contribution in [0.25, 0.3) is 0 Å². The van der Waals surface area contributed by atoms with Gasteiger partial charge in [-0.2, -0.15) is 0 Å². The fourth-order valence-corrected chi connectivity index (χ4v) is 1.92. The molecule has 6 nitrogen and oxygen atoms in total. The first-order valence-electron chi connectivity index (χ1n) is 6.96. The molecule has 0 aliphatic rings. The monoisotopic (exact) mass is 309 g/mol. The van der Waals surface area contributed by atoms with E-state index in [2.05, 4.69) is 5.32 Å². The third-order valence-corrected chi connectivity index (χ3v) is 2.85. The summed E-state index contributed by atoms with van der Waals surface area (Å²) >= 11 is 0. The molecular weight excluding hydrogens is 286 g/mol. The number of esters is 1. The molecule has 0 saturated carbocycles. The van der Waals surface area contributed by atoms with Crippen LogP contribution in [-0.2, 0) is 14.3 Å². The second-order valence-electron chi connectivity index (χ2n) is 5.70. The van der Waals surface area contributed by atoms with E-state index in [1.807, 2.05) is 0 Å². The van der Waals surface area contributed by atoms with E-state index in [-0.39, 0.29) is 6.54 Å². The number of hydrogen-bond donors (Lipinski definition) is 1. The normalized spacial score (nSPS) is 12.2. The van der Waals surface area contributed by atoms with Crippen LogP contribution in [0.5, 0.6) is 5.75 Å². The van der Waals surface area contributed by atoms with Crippen molar-refractivity contribution < 1.29 is 23.8 Å². The number of para-hydroxylation sites is 1. The molecule has 1 N–H and O–H groups in total. The van der Waals surface area contributed by atoms with E-state index in [0.29, 0.717) is 11.3 Å². The van der Waals surface area contributed by atoms with E-state index in [1.165, 1.54) is 14.2 Å². The molecule has 0 aliphatic heterocycles. The van der Waals surface area contributed by atoms with Gasteiger partial charge in [0.25, 0.3) is 0 Å². The number of rotatable bonds is 5. The van der Waals surface area contributed by atoms with Crippen molar-refractivity contribution in [2.75, 3.05) is 20.8 Å². The van der Waals surface area contributed by atoms with Gasteiger partial charge in [-0.25, -0.2) is 4.79 Å². The number of nitrogens with one attached hydrogen (secondary N) is 1. The van der Waals surface area contributed by atoms with Crippen LogP contribution in [0.1, 0.15) is 32.3 Å². The molecule has 1 amide bonds.